The molecule has 0 aliphatic heterocycles. The van der Waals surface area contributed by atoms with Crippen LogP contribution >= 0.6 is 0 Å². The van der Waals surface area contributed by atoms with Gasteiger partial charge < -0.3 is 5.32 Å². The van der Waals surface area contributed by atoms with E-state index in [1.165, 1.54) is 0 Å². The lowest BCUT2D eigenvalue weighted by atomic mass is 10.3. The van der Waals surface area contributed by atoms with Crippen molar-refractivity contribution >= 4 is 16.3 Å². The lowest BCUT2D eigenvalue weighted by Gasteiger charge is -1.99. The van der Waals surface area contributed by atoms with Crippen LogP contribution in [-0.2, 0) is 15.2 Å². The Morgan fingerprint density at radius 1 is 1.43 bits per heavy atom. The fraction of sp³-hybridized carbons (Fsp3) is 0.571. The molecule has 0 fully saturated rings. The minimum Gasteiger partial charge on any atom is -0.352 e. The van der Waals surface area contributed by atoms with E-state index >= 15 is 0 Å². The lowest BCUT2D eigenvalue weighted by Crippen LogP contribution is -2.24. The fourth-order valence-electron chi connectivity index (χ4n) is 0.389. The number of hydrogen-bond acceptors (Lipinski definition) is 3. The maximum atomic E-state index is 10.7. The fourth-order valence-corrected chi connectivity index (χ4v) is 0.389. The maximum Gasteiger partial charge on any atom is 0.394 e. The molecule has 0 aromatic carbocycles. The van der Waals surface area contributed by atoms with Gasteiger partial charge in [-0.3, -0.25) is 13.9 Å². The predicted octanol–water partition coefficient (Wildman–Crippen LogP) is 0.436. The first kappa shape index (κ1) is 15.5. The zero-order valence-electron chi connectivity index (χ0n) is 8.15. The average Bonchev–Trinajstić information content (AvgIpc) is 1.96. The minimum atomic E-state index is -4.67. The molecule has 0 aliphatic carbocycles. The van der Waals surface area contributed by atoms with Crippen molar-refractivity contribution in [3.05, 3.63) is 12.2 Å². The second kappa shape index (κ2) is 7.48. The van der Waals surface area contributed by atoms with Crippen LogP contribution in [-0.4, -0.2) is 30.0 Å². The van der Waals surface area contributed by atoms with Crippen molar-refractivity contribution in [2.45, 2.75) is 20.3 Å². The van der Waals surface area contributed by atoms with Gasteiger partial charge in [0.1, 0.15) is 0 Å². The summed E-state index contributed by atoms with van der Waals surface area (Å²) in [6.07, 6.45) is 0.971. The molecule has 0 saturated heterocycles. The van der Waals surface area contributed by atoms with Crippen LogP contribution in [0.5, 0.6) is 0 Å². The van der Waals surface area contributed by atoms with Crippen LogP contribution in [0.25, 0.3) is 0 Å². The minimum absolute atomic E-state index is 0.0446. The molecule has 0 unspecified atom stereocenters. The van der Waals surface area contributed by atoms with Crippen molar-refractivity contribution in [3.63, 3.8) is 0 Å². The van der Waals surface area contributed by atoms with Gasteiger partial charge in [-0.1, -0.05) is 13.5 Å². The van der Waals surface area contributed by atoms with E-state index in [0.717, 1.165) is 13.0 Å². The first-order chi connectivity index (χ1) is 6.18. The molecule has 0 atom stereocenters. The van der Waals surface area contributed by atoms with Gasteiger partial charge in [0.15, 0.2) is 0 Å². The van der Waals surface area contributed by atoms with Crippen LogP contribution in [0.2, 0.25) is 0 Å². The molecule has 0 aromatic heterocycles. The van der Waals surface area contributed by atoms with E-state index in [0.29, 0.717) is 5.57 Å². The molecular weight excluding hydrogens is 210 g/mol. The number of hydrogen-bond donors (Lipinski definition) is 3. The third-order valence-corrected chi connectivity index (χ3v) is 0.923. The maximum absolute atomic E-state index is 10.7. The second-order valence-electron chi connectivity index (χ2n) is 2.48. The van der Waals surface area contributed by atoms with Gasteiger partial charge in [-0.05, 0) is 13.3 Å². The predicted molar refractivity (Wildman–Crippen MR) is 52.3 cm³/mol. The Labute approximate surface area is 83.6 Å². The monoisotopic (exact) mass is 225 g/mol. The van der Waals surface area contributed by atoms with E-state index < -0.39 is 10.4 Å². The number of amides is 1. The molecule has 0 heterocycles. The molecule has 0 bridgehead atoms. The van der Waals surface area contributed by atoms with Gasteiger partial charge in [-0.2, -0.15) is 8.42 Å². The van der Waals surface area contributed by atoms with Gasteiger partial charge in [-0.25, -0.2) is 0 Å². The second-order valence-corrected chi connectivity index (χ2v) is 3.38. The SMILES string of the molecule is C=C(C)C(=O)NCCC.O=S(=O)(O)O. The van der Waals surface area contributed by atoms with Crippen molar-refractivity contribution in [3.8, 4) is 0 Å². The van der Waals surface area contributed by atoms with E-state index in [4.69, 9.17) is 17.5 Å². The summed E-state index contributed by atoms with van der Waals surface area (Å²) in [4.78, 5) is 10.7. The van der Waals surface area contributed by atoms with Gasteiger partial charge in [0.05, 0.1) is 0 Å². The van der Waals surface area contributed by atoms with Gasteiger partial charge in [0.25, 0.3) is 0 Å². The Kier molecular flexibility index (Phi) is 8.31. The van der Waals surface area contributed by atoms with Gasteiger partial charge >= 0.3 is 10.4 Å². The van der Waals surface area contributed by atoms with Crippen LogP contribution in [0.1, 0.15) is 20.3 Å². The number of rotatable bonds is 3. The topological polar surface area (TPSA) is 104 Å². The highest BCUT2D eigenvalue weighted by Gasteiger charge is 1.96. The lowest BCUT2D eigenvalue weighted by molar-refractivity contribution is -0.117. The van der Waals surface area contributed by atoms with Crippen LogP contribution in [0.3, 0.4) is 0 Å². The summed E-state index contributed by atoms with van der Waals surface area (Å²) in [6.45, 7) is 7.95. The highest BCUT2D eigenvalue weighted by molar-refractivity contribution is 7.79. The van der Waals surface area contributed by atoms with E-state index in [2.05, 4.69) is 11.9 Å². The first-order valence-corrected chi connectivity index (χ1v) is 5.21. The van der Waals surface area contributed by atoms with Crippen LogP contribution < -0.4 is 5.32 Å². The van der Waals surface area contributed by atoms with Gasteiger partial charge in [-0.15, -0.1) is 0 Å². The average molecular weight is 225 g/mol. The zero-order chi connectivity index (χ0) is 11.8. The smallest absolute Gasteiger partial charge is 0.352 e. The van der Waals surface area contributed by atoms with E-state index in [1.54, 1.807) is 6.92 Å². The Hall–Kier alpha value is -0.920. The molecule has 0 rings (SSSR count). The molecule has 0 radical (unpaired) electrons. The molecule has 7 heteroatoms. The molecule has 1 amide bonds. The number of carbonyl (C=O) groups is 1. The van der Waals surface area contributed by atoms with Gasteiger partial charge in [0, 0.05) is 12.1 Å². The van der Waals surface area contributed by atoms with Gasteiger partial charge in [0.2, 0.25) is 5.91 Å². The van der Waals surface area contributed by atoms with Crippen LogP contribution in [0.15, 0.2) is 12.2 Å². The summed E-state index contributed by atoms with van der Waals surface area (Å²) in [5.41, 5.74) is 0.573. The molecule has 0 aliphatic rings. The van der Waals surface area contributed by atoms with E-state index in [-0.39, 0.29) is 5.91 Å². The molecule has 3 N–H and O–H groups in total. The third-order valence-electron chi connectivity index (χ3n) is 0.923. The summed E-state index contributed by atoms with van der Waals surface area (Å²) < 4.78 is 31.6. The van der Waals surface area contributed by atoms with Crippen molar-refractivity contribution in [2.75, 3.05) is 6.54 Å². The Bertz CT molecular complexity index is 274. The Balaban J connectivity index is 0. The molecule has 84 valence electrons. The zero-order valence-corrected chi connectivity index (χ0v) is 8.97. The number of nitrogens with one attached hydrogen (secondary N) is 1. The first-order valence-electron chi connectivity index (χ1n) is 3.82. The number of carbonyl (C=O) groups excluding carboxylic acids is 1. The summed E-state index contributed by atoms with van der Waals surface area (Å²) in [7, 11) is -4.67. The molecule has 0 saturated carbocycles. The van der Waals surface area contributed by atoms with E-state index in [9.17, 15) is 4.79 Å². The standard InChI is InChI=1S/C7H13NO.H2O4S/c1-4-5-8-7(9)6(2)3;1-5(2,3)4/h2,4-5H2,1,3H3,(H,8,9);(H2,1,2,3,4). The van der Waals surface area contributed by atoms with Crippen LogP contribution in [0, 0.1) is 0 Å². The molecule has 0 aromatic rings. The molecule has 14 heavy (non-hydrogen) atoms. The van der Waals surface area contributed by atoms with Crippen molar-refractivity contribution in [1.29, 1.82) is 0 Å². The Morgan fingerprint density at radius 3 is 2.00 bits per heavy atom. The summed E-state index contributed by atoms with van der Waals surface area (Å²) in [6, 6.07) is 0. The van der Waals surface area contributed by atoms with Crippen LogP contribution in [0.4, 0.5) is 0 Å². The Morgan fingerprint density at radius 2 is 1.79 bits per heavy atom. The summed E-state index contributed by atoms with van der Waals surface area (Å²) in [5, 5.41) is 2.69. The molecule has 0 spiro atoms. The normalized spacial score (nSPS) is 9.71. The third kappa shape index (κ3) is 22.5. The van der Waals surface area contributed by atoms with Crippen molar-refractivity contribution in [1.82, 2.24) is 5.32 Å². The van der Waals surface area contributed by atoms with Crippen molar-refractivity contribution < 1.29 is 22.3 Å². The quantitative estimate of drug-likeness (QED) is 0.477. The van der Waals surface area contributed by atoms with Crippen molar-refractivity contribution in [2.24, 2.45) is 0 Å². The highest BCUT2D eigenvalue weighted by Crippen LogP contribution is 1.84. The highest BCUT2D eigenvalue weighted by atomic mass is 32.3. The molecular formula is C7H15NO5S. The largest absolute Gasteiger partial charge is 0.394 e. The molecule has 6 nitrogen and oxygen atoms in total. The summed E-state index contributed by atoms with van der Waals surface area (Å²) in [5.74, 6) is -0.0446. The van der Waals surface area contributed by atoms with E-state index in [1.807, 2.05) is 6.92 Å². The summed E-state index contributed by atoms with van der Waals surface area (Å²) >= 11 is 0.